The van der Waals surface area contributed by atoms with Crippen molar-refractivity contribution in [2.75, 3.05) is 25.4 Å². The smallest absolute Gasteiger partial charge is 0.407 e. The van der Waals surface area contributed by atoms with Crippen molar-refractivity contribution >= 4 is 24.6 Å². The van der Waals surface area contributed by atoms with Crippen molar-refractivity contribution in [1.82, 2.24) is 15.5 Å². The average molecular weight is 346 g/mol. The maximum atomic E-state index is 12.3. The molecule has 0 spiro atoms. The Kier molecular flexibility index (Phi) is 8.76. The summed E-state index contributed by atoms with van der Waals surface area (Å²) in [6.45, 7) is 10.6. The first-order valence-corrected chi connectivity index (χ1v) is 9.05. The molecule has 0 aromatic carbocycles. The fourth-order valence-electron chi connectivity index (χ4n) is 2.48. The van der Waals surface area contributed by atoms with Crippen LogP contribution in [0.3, 0.4) is 0 Å². The molecule has 1 aliphatic heterocycles. The lowest BCUT2D eigenvalue weighted by Crippen LogP contribution is -2.53. The van der Waals surface area contributed by atoms with Crippen LogP contribution in [0.1, 0.15) is 40.5 Å². The summed E-state index contributed by atoms with van der Waals surface area (Å²) in [5, 5.41) is 5.59. The Hall–Kier alpha value is -0.950. The highest BCUT2D eigenvalue weighted by Gasteiger charge is 2.26. The van der Waals surface area contributed by atoms with Gasteiger partial charge in [-0.3, -0.25) is 4.79 Å². The second kappa shape index (κ2) is 10.0. The molecule has 1 atom stereocenters. The van der Waals surface area contributed by atoms with Gasteiger partial charge in [-0.1, -0.05) is 13.8 Å². The molecule has 0 aromatic heterocycles. The molecule has 2 amide bonds. The van der Waals surface area contributed by atoms with Crippen LogP contribution in [0, 0.1) is 5.92 Å². The molecule has 7 heteroatoms. The molecule has 0 aromatic rings. The van der Waals surface area contributed by atoms with Crippen LogP contribution in [0.5, 0.6) is 0 Å². The molecule has 0 bridgehead atoms. The molecule has 0 saturated carbocycles. The summed E-state index contributed by atoms with van der Waals surface area (Å²) < 4.78 is 5.05. The van der Waals surface area contributed by atoms with E-state index >= 15 is 0 Å². The van der Waals surface area contributed by atoms with E-state index in [0.717, 1.165) is 25.9 Å². The van der Waals surface area contributed by atoms with Gasteiger partial charge in [0.05, 0.1) is 6.61 Å². The van der Waals surface area contributed by atoms with E-state index in [4.69, 9.17) is 4.74 Å². The number of hydrogen-bond donors (Lipinski definition) is 3. The number of ether oxygens (including phenoxy) is 1. The number of piperidine rings is 1. The summed E-state index contributed by atoms with van der Waals surface area (Å²) in [5.74, 6) is 0.313. The number of carbonyl (C=O) groups excluding carboxylic acids is 2. The lowest BCUT2D eigenvalue weighted by molar-refractivity contribution is -0.123. The van der Waals surface area contributed by atoms with Crippen molar-refractivity contribution in [1.29, 1.82) is 0 Å². The monoisotopic (exact) mass is 345 g/mol. The molecule has 1 rings (SSSR count). The molecule has 6 nitrogen and oxygen atoms in total. The predicted octanol–water partition coefficient (Wildman–Crippen LogP) is 1.66. The van der Waals surface area contributed by atoms with Crippen molar-refractivity contribution < 1.29 is 14.3 Å². The van der Waals surface area contributed by atoms with Crippen molar-refractivity contribution in [2.24, 2.45) is 5.92 Å². The zero-order valence-corrected chi connectivity index (χ0v) is 15.6. The minimum atomic E-state index is -0.666. The number of nitrogens with zero attached hydrogens (tertiary/aromatic N) is 1. The highest BCUT2D eigenvalue weighted by molar-refractivity contribution is 7.80. The normalized spacial score (nSPS) is 18.0. The molecule has 134 valence electrons. The van der Waals surface area contributed by atoms with Gasteiger partial charge >= 0.3 is 6.09 Å². The molecular weight excluding hydrogens is 314 g/mol. The fourth-order valence-corrected chi connectivity index (χ4v) is 2.74. The molecule has 2 N–H and O–H groups in total. The molecule has 0 radical (unpaired) electrons. The predicted molar refractivity (Wildman–Crippen MR) is 94.8 cm³/mol. The Morgan fingerprint density at radius 2 is 1.83 bits per heavy atom. The minimum Gasteiger partial charge on any atom is -0.449 e. The number of amides is 2. The summed E-state index contributed by atoms with van der Waals surface area (Å²) >= 11 is 4.16. The van der Waals surface area contributed by atoms with Gasteiger partial charge in [-0.15, -0.1) is 0 Å². The molecule has 1 aliphatic rings. The minimum absolute atomic E-state index is 0.161. The van der Waals surface area contributed by atoms with Gasteiger partial charge in [0.2, 0.25) is 5.91 Å². The zero-order valence-electron chi connectivity index (χ0n) is 14.7. The topological polar surface area (TPSA) is 70.7 Å². The third-order valence-corrected chi connectivity index (χ3v) is 4.31. The molecular formula is C16H31N3O3S. The summed E-state index contributed by atoms with van der Waals surface area (Å²) in [7, 11) is 0. The van der Waals surface area contributed by atoms with Crippen molar-refractivity contribution in [2.45, 2.75) is 58.7 Å². The van der Waals surface area contributed by atoms with Crippen LogP contribution >= 0.6 is 12.6 Å². The second-order valence-electron chi connectivity index (χ2n) is 6.78. The van der Waals surface area contributed by atoms with E-state index in [1.54, 1.807) is 0 Å². The molecule has 23 heavy (non-hydrogen) atoms. The molecule has 1 saturated heterocycles. The second-order valence-corrected chi connectivity index (χ2v) is 7.15. The van der Waals surface area contributed by atoms with Gasteiger partial charge in [-0.25, -0.2) is 4.79 Å². The first-order chi connectivity index (χ1) is 10.8. The number of carbonyl (C=O) groups is 2. The third-order valence-electron chi connectivity index (χ3n) is 3.95. The van der Waals surface area contributed by atoms with Crippen molar-refractivity contribution in [3.8, 4) is 0 Å². The van der Waals surface area contributed by atoms with Crippen molar-refractivity contribution in [3.63, 3.8) is 0 Å². The van der Waals surface area contributed by atoms with E-state index in [-0.39, 0.29) is 23.6 Å². The number of nitrogens with one attached hydrogen (secondary N) is 2. The van der Waals surface area contributed by atoms with E-state index < -0.39 is 12.1 Å². The van der Waals surface area contributed by atoms with Gasteiger partial charge in [-0.2, -0.15) is 12.6 Å². The Morgan fingerprint density at radius 1 is 1.22 bits per heavy atom. The molecule has 0 unspecified atom stereocenters. The largest absolute Gasteiger partial charge is 0.449 e. The van der Waals surface area contributed by atoms with Crippen LogP contribution in [0.25, 0.3) is 0 Å². The lowest BCUT2D eigenvalue weighted by atomic mass is 10.0. The fraction of sp³-hybridized carbons (Fsp3) is 0.875. The Labute approximate surface area is 145 Å². The van der Waals surface area contributed by atoms with E-state index in [1.807, 2.05) is 13.8 Å². The van der Waals surface area contributed by atoms with Crippen LogP contribution in [0.2, 0.25) is 0 Å². The number of hydrogen-bond acceptors (Lipinski definition) is 5. The van der Waals surface area contributed by atoms with Gasteiger partial charge < -0.3 is 20.3 Å². The maximum absolute atomic E-state index is 12.3. The Balaban J connectivity index is 2.38. The zero-order chi connectivity index (χ0) is 17.4. The number of thiol groups is 1. The average Bonchev–Trinajstić information content (AvgIpc) is 2.50. The standard InChI is InChI=1S/C16H31N3O3S/c1-11(2)9-22-16(21)18-14(10-23)15(20)17-13-5-7-19(8-6-13)12(3)4/h11-14,23H,5-10H2,1-4H3,(H,17,20)(H,18,21)/t14-/m1/s1. The van der Waals surface area contributed by atoms with Crippen LogP contribution in [0.15, 0.2) is 0 Å². The maximum Gasteiger partial charge on any atom is 0.407 e. The van der Waals surface area contributed by atoms with Gasteiger partial charge in [0, 0.05) is 30.9 Å². The lowest BCUT2D eigenvalue weighted by Gasteiger charge is -2.35. The van der Waals surface area contributed by atoms with Crippen LogP contribution < -0.4 is 10.6 Å². The summed E-state index contributed by atoms with van der Waals surface area (Å²) in [6.07, 6.45) is 1.30. The van der Waals surface area contributed by atoms with Gasteiger partial charge in [0.25, 0.3) is 0 Å². The van der Waals surface area contributed by atoms with E-state index in [0.29, 0.717) is 12.6 Å². The molecule has 1 heterocycles. The van der Waals surface area contributed by atoms with Gasteiger partial charge in [0.1, 0.15) is 6.04 Å². The molecule has 1 fully saturated rings. The molecule has 0 aliphatic carbocycles. The van der Waals surface area contributed by atoms with Crippen LogP contribution in [-0.4, -0.2) is 60.5 Å². The van der Waals surface area contributed by atoms with Crippen LogP contribution in [-0.2, 0) is 9.53 Å². The quantitative estimate of drug-likeness (QED) is 0.614. The van der Waals surface area contributed by atoms with E-state index in [2.05, 4.69) is 42.0 Å². The summed E-state index contributed by atoms with van der Waals surface area (Å²) in [4.78, 5) is 26.4. The Morgan fingerprint density at radius 3 is 2.30 bits per heavy atom. The highest BCUT2D eigenvalue weighted by atomic mass is 32.1. The Bertz CT molecular complexity index is 383. The van der Waals surface area contributed by atoms with E-state index in [1.165, 1.54) is 0 Å². The first-order valence-electron chi connectivity index (χ1n) is 8.42. The third kappa shape index (κ3) is 7.44. The van der Waals surface area contributed by atoms with Crippen LogP contribution in [0.4, 0.5) is 4.79 Å². The van der Waals surface area contributed by atoms with Crippen molar-refractivity contribution in [3.05, 3.63) is 0 Å². The summed E-state index contributed by atoms with van der Waals surface area (Å²) in [6, 6.07) is 0.0312. The van der Waals surface area contributed by atoms with Gasteiger partial charge in [0.15, 0.2) is 0 Å². The van der Waals surface area contributed by atoms with Gasteiger partial charge in [-0.05, 0) is 32.6 Å². The number of alkyl carbamates (subject to hydrolysis) is 1. The van der Waals surface area contributed by atoms with E-state index in [9.17, 15) is 9.59 Å². The number of likely N-dealkylation sites (tertiary alicyclic amines) is 1. The summed E-state index contributed by atoms with van der Waals surface area (Å²) in [5.41, 5.74) is 0. The SMILES string of the molecule is CC(C)COC(=O)N[C@H](CS)C(=O)NC1CCN(C(C)C)CC1. The number of rotatable bonds is 7. The highest BCUT2D eigenvalue weighted by Crippen LogP contribution is 2.13. The first kappa shape index (κ1) is 20.1.